The number of carboxylic acids is 1. The van der Waals surface area contributed by atoms with E-state index >= 15 is 0 Å². The molecule has 2 fully saturated rings. The van der Waals surface area contributed by atoms with Crippen molar-refractivity contribution in [2.45, 2.75) is 84.0 Å². The Morgan fingerprint density at radius 1 is 1.18 bits per heavy atom. The second-order valence-corrected chi connectivity index (χ2v) is 9.91. The highest BCUT2D eigenvalue weighted by Gasteiger charge is 2.39. The van der Waals surface area contributed by atoms with Crippen LogP contribution in [-0.4, -0.2) is 46.4 Å². The summed E-state index contributed by atoms with van der Waals surface area (Å²) in [5.41, 5.74) is 1.49. The van der Waals surface area contributed by atoms with E-state index < -0.39 is 11.4 Å². The number of aromatic nitrogens is 1. The Balaban J connectivity index is 1.39. The van der Waals surface area contributed by atoms with Crippen LogP contribution in [0.3, 0.4) is 0 Å². The fourth-order valence-corrected chi connectivity index (χ4v) is 5.06. The van der Waals surface area contributed by atoms with Crippen LogP contribution < -0.4 is 4.74 Å². The zero-order valence-corrected chi connectivity index (χ0v) is 20.2. The number of hydrogen-bond donors (Lipinski definition) is 1. The molecule has 8 nitrogen and oxygen atoms in total. The van der Waals surface area contributed by atoms with E-state index in [1.807, 2.05) is 31.2 Å². The van der Waals surface area contributed by atoms with Crippen molar-refractivity contribution in [3.05, 3.63) is 35.5 Å². The van der Waals surface area contributed by atoms with E-state index in [0.717, 1.165) is 49.7 Å². The highest BCUT2D eigenvalue weighted by Crippen LogP contribution is 2.38. The van der Waals surface area contributed by atoms with Crippen LogP contribution in [0.15, 0.2) is 28.8 Å². The third-order valence-electron chi connectivity index (χ3n) is 7.35. The van der Waals surface area contributed by atoms with Crippen molar-refractivity contribution >= 4 is 12.1 Å². The minimum atomic E-state index is -0.764. The van der Waals surface area contributed by atoms with Gasteiger partial charge in [0.05, 0.1) is 22.8 Å². The maximum Gasteiger partial charge on any atom is 0.410 e. The summed E-state index contributed by atoms with van der Waals surface area (Å²) in [4.78, 5) is 25.8. The van der Waals surface area contributed by atoms with E-state index in [2.05, 4.69) is 5.16 Å². The minimum Gasteiger partial charge on any atom is -0.490 e. The fourth-order valence-electron chi connectivity index (χ4n) is 5.06. The summed E-state index contributed by atoms with van der Waals surface area (Å²) in [5.74, 6) is 0.488. The number of aliphatic carboxylic acids is 1. The molecule has 2 aliphatic carbocycles. The summed E-state index contributed by atoms with van der Waals surface area (Å²) in [5, 5.41) is 13.6. The molecular formula is C26H34N2O6. The molecule has 184 valence electrons. The molecule has 1 heterocycles. The molecule has 2 atom stereocenters. The van der Waals surface area contributed by atoms with Crippen molar-refractivity contribution in [1.29, 1.82) is 0 Å². The van der Waals surface area contributed by atoms with Gasteiger partial charge < -0.3 is 24.0 Å². The maximum absolute atomic E-state index is 12.5. The van der Waals surface area contributed by atoms with Gasteiger partial charge >= 0.3 is 12.1 Å². The quantitative estimate of drug-likeness (QED) is 0.564. The molecule has 0 bridgehead atoms. The zero-order valence-electron chi connectivity index (χ0n) is 20.2. The Labute approximate surface area is 200 Å². The van der Waals surface area contributed by atoms with Crippen molar-refractivity contribution in [3.63, 3.8) is 0 Å². The van der Waals surface area contributed by atoms with E-state index in [0.29, 0.717) is 30.0 Å². The van der Waals surface area contributed by atoms with Crippen LogP contribution in [-0.2, 0) is 16.1 Å². The van der Waals surface area contributed by atoms with Crippen molar-refractivity contribution in [3.8, 4) is 17.1 Å². The molecule has 8 heteroatoms. The lowest BCUT2D eigenvalue weighted by Gasteiger charge is -2.34. The van der Waals surface area contributed by atoms with Gasteiger partial charge in [-0.3, -0.25) is 4.79 Å². The van der Waals surface area contributed by atoms with Crippen LogP contribution >= 0.6 is 0 Å². The Morgan fingerprint density at radius 2 is 1.88 bits per heavy atom. The van der Waals surface area contributed by atoms with Crippen molar-refractivity contribution in [2.75, 3.05) is 7.05 Å². The number of carbonyl (C=O) groups excluding carboxylic acids is 1. The van der Waals surface area contributed by atoms with Gasteiger partial charge in [-0.15, -0.1) is 0 Å². The zero-order chi connectivity index (χ0) is 24.3. The summed E-state index contributed by atoms with van der Waals surface area (Å²) in [7, 11) is 1.80. The summed E-state index contributed by atoms with van der Waals surface area (Å²) in [6.07, 6.45) is 6.74. The maximum atomic E-state index is 12.5. The van der Waals surface area contributed by atoms with Crippen molar-refractivity contribution in [2.24, 2.45) is 5.41 Å². The van der Waals surface area contributed by atoms with Gasteiger partial charge in [0, 0.05) is 25.1 Å². The molecule has 34 heavy (non-hydrogen) atoms. The first-order valence-corrected chi connectivity index (χ1v) is 12.1. The number of aryl methyl sites for hydroxylation is 1. The Bertz CT molecular complexity index is 1010. The van der Waals surface area contributed by atoms with Crippen LogP contribution in [0.1, 0.15) is 69.5 Å². The van der Waals surface area contributed by atoms with Gasteiger partial charge in [-0.25, -0.2) is 4.79 Å². The Hall–Kier alpha value is -3.03. The lowest BCUT2D eigenvalue weighted by molar-refractivity contribution is -0.151. The molecule has 0 saturated heterocycles. The lowest BCUT2D eigenvalue weighted by Crippen LogP contribution is -2.37. The SMILES string of the molecule is Cc1noc(-c2ccc(O[C@@H]3CCC[C@](C)(C(=O)O)C3)cc2)c1COC(=O)N(C)C1CCCC1. The molecule has 1 aromatic carbocycles. The highest BCUT2D eigenvalue weighted by atomic mass is 16.6. The Morgan fingerprint density at radius 3 is 2.56 bits per heavy atom. The van der Waals surface area contributed by atoms with E-state index in [4.69, 9.17) is 14.0 Å². The number of rotatable bonds is 7. The monoisotopic (exact) mass is 470 g/mol. The van der Waals surface area contributed by atoms with Crippen molar-refractivity contribution in [1.82, 2.24) is 10.1 Å². The largest absolute Gasteiger partial charge is 0.490 e. The van der Waals surface area contributed by atoms with Gasteiger partial charge in [0.2, 0.25) is 0 Å². The second kappa shape index (κ2) is 10.1. The van der Waals surface area contributed by atoms with E-state index in [1.165, 1.54) is 0 Å². The van der Waals surface area contributed by atoms with Crippen LogP contribution in [0, 0.1) is 12.3 Å². The first-order valence-electron chi connectivity index (χ1n) is 12.1. The molecule has 0 spiro atoms. The molecule has 2 aliphatic rings. The summed E-state index contributed by atoms with van der Waals surface area (Å²) in [6, 6.07) is 7.71. The highest BCUT2D eigenvalue weighted by molar-refractivity contribution is 5.74. The molecule has 1 amide bonds. The molecule has 2 aromatic rings. The molecule has 0 aliphatic heterocycles. The predicted octanol–water partition coefficient (Wildman–Crippen LogP) is 5.57. The molecule has 1 N–H and O–H groups in total. The van der Waals surface area contributed by atoms with Crippen LogP contribution in [0.4, 0.5) is 4.79 Å². The molecule has 0 unspecified atom stereocenters. The number of ether oxygens (including phenoxy) is 2. The number of benzene rings is 1. The van der Waals surface area contributed by atoms with E-state index in [9.17, 15) is 14.7 Å². The fraction of sp³-hybridized carbons (Fsp3) is 0.577. The smallest absolute Gasteiger partial charge is 0.410 e. The molecular weight excluding hydrogens is 436 g/mol. The molecule has 0 radical (unpaired) electrons. The summed E-state index contributed by atoms with van der Waals surface area (Å²) in [6.45, 7) is 3.71. The van der Waals surface area contributed by atoms with Crippen LogP contribution in [0.5, 0.6) is 5.75 Å². The third-order valence-corrected chi connectivity index (χ3v) is 7.35. The second-order valence-electron chi connectivity index (χ2n) is 9.91. The number of nitrogens with zero attached hydrogens (tertiary/aromatic N) is 2. The number of carbonyl (C=O) groups is 2. The van der Waals surface area contributed by atoms with Crippen LogP contribution in [0.25, 0.3) is 11.3 Å². The van der Waals surface area contributed by atoms with Gasteiger partial charge in [0.1, 0.15) is 12.4 Å². The minimum absolute atomic E-state index is 0.0919. The van der Waals surface area contributed by atoms with E-state index in [1.54, 1.807) is 18.9 Å². The molecule has 2 saturated carbocycles. The van der Waals surface area contributed by atoms with Gasteiger partial charge in [-0.1, -0.05) is 18.0 Å². The van der Waals surface area contributed by atoms with Gasteiger partial charge in [-0.2, -0.15) is 0 Å². The number of carboxylic acid groups (broad SMARTS) is 1. The lowest BCUT2D eigenvalue weighted by atomic mass is 9.74. The first-order chi connectivity index (χ1) is 16.3. The first kappa shape index (κ1) is 24.1. The predicted molar refractivity (Wildman–Crippen MR) is 126 cm³/mol. The molecule has 1 aromatic heterocycles. The van der Waals surface area contributed by atoms with Gasteiger partial charge in [0.25, 0.3) is 0 Å². The van der Waals surface area contributed by atoms with Gasteiger partial charge in [0.15, 0.2) is 5.76 Å². The number of hydrogen-bond acceptors (Lipinski definition) is 6. The van der Waals surface area contributed by atoms with Crippen LogP contribution in [0.2, 0.25) is 0 Å². The summed E-state index contributed by atoms with van der Waals surface area (Å²) < 4.78 is 17.2. The third kappa shape index (κ3) is 5.21. The number of amides is 1. The average Bonchev–Trinajstić information content (AvgIpc) is 3.48. The topological polar surface area (TPSA) is 102 Å². The standard InChI is InChI=1S/C26H34N2O6/c1-17-22(16-32-25(31)28(3)19-7-4-5-8-19)23(34-27-17)18-10-12-20(13-11-18)33-21-9-6-14-26(2,15-21)24(29)30/h10-13,19,21H,4-9,14-16H2,1-3H3,(H,29,30)/t21-,26+/m1/s1. The summed E-state index contributed by atoms with van der Waals surface area (Å²) >= 11 is 0. The Kier molecular flexibility index (Phi) is 7.14. The van der Waals surface area contributed by atoms with Crippen molar-refractivity contribution < 1.29 is 28.7 Å². The van der Waals surface area contributed by atoms with Gasteiger partial charge in [-0.05, 0) is 70.2 Å². The molecule has 4 rings (SSSR count). The van der Waals surface area contributed by atoms with E-state index in [-0.39, 0.29) is 24.8 Å². The normalized spacial score (nSPS) is 23.0. The average molecular weight is 471 g/mol.